The summed E-state index contributed by atoms with van der Waals surface area (Å²) in [6, 6.07) is 8.52. The minimum absolute atomic E-state index is 0.0428. The van der Waals surface area contributed by atoms with Gasteiger partial charge in [-0.25, -0.2) is 0 Å². The molecule has 4 rings (SSSR count). The minimum Gasteiger partial charge on any atom is -0.487 e. The highest BCUT2D eigenvalue weighted by molar-refractivity contribution is 5.81. The molecule has 1 aliphatic heterocycles. The van der Waals surface area contributed by atoms with Crippen molar-refractivity contribution in [1.29, 1.82) is 0 Å². The summed E-state index contributed by atoms with van der Waals surface area (Å²) in [5, 5.41) is 10.1. The van der Waals surface area contributed by atoms with Crippen LogP contribution in [0.5, 0.6) is 5.75 Å². The van der Waals surface area contributed by atoms with Crippen LogP contribution in [-0.2, 0) is 4.79 Å². The Morgan fingerprint density at radius 3 is 2.57 bits per heavy atom. The Morgan fingerprint density at radius 1 is 1.07 bits per heavy atom. The molecule has 30 heavy (non-hydrogen) atoms. The van der Waals surface area contributed by atoms with E-state index in [0.717, 1.165) is 43.8 Å². The van der Waals surface area contributed by atoms with E-state index in [4.69, 9.17) is 4.74 Å². The fourth-order valence-electron chi connectivity index (χ4n) is 5.31. The molecule has 164 valence electrons. The lowest BCUT2D eigenvalue weighted by molar-refractivity contribution is -0.125. The summed E-state index contributed by atoms with van der Waals surface area (Å²) < 4.78 is 6.46. The molecule has 0 saturated heterocycles. The number of rotatable bonds is 5. The van der Waals surface area contributed by atoms with Gasteiger partial charge in [0.1, 0.15) is 11.4 Å². The Balaban J connectivity index is 1.30. The molecule has 1 heterocycles. The van der Waals surface area contributed by atoms with Gasteiger partial charge in [-0.05, 0) is 44.6 Å². The molecule has 1 aromatic carbocycles. The normalized spacial score (nSPS) is 23.5. The van der Waals surface area contributed by atoms with Gasteiger partial charge in [0.25, 0.3) is 0 Å². The van der Waals surface area contributed by atoms with Gasteiger partial charge in [0.05, 0.1) is 6.04 Å². The molecule has 1 aromatic rings. The molecule has 3 aliphatic rings. The van der Waals surface area contributed by atoms with Gasteiger partial charge in [-0.1, -0.05) is 37.5 Å². The Bertz CT molecular complexity index is 751. The van der Waals surface area contributed by atoms with E-state index in [0.29, 0.717) is 13.1 Å². The average Bonchev–Trinajstić information content (AvgIpc) is 3.23. The summed E-state index contributed by atoms with van der Waals surface area (Å²) in [6.07, 6.45) is 11.4. The van der Waals surface area contributed by atoms with E-state index in [-0.39, 0.29) is 23.5 Å². The predicted octanol–water partition coefficient (Wildman–Crippen LogP) is 3.68. The van der Waals surface area contributed by atoms with Crippen molar-refractivity contribution in [2.75, 3.05) is 20.1 Å². The standard InChI is InChI=1S/C24H36N4O2/c1-25-23(27-16-15-26-22(29)18-9-3-2-4-10-18)28-20-17-24(13-7-8-14-24)30-21-12-6-5-11-19(20)21/h5-6,11-12,18,20H,2-4,7-10,13-17H2,1H3,(H,26,29)(H2,25,27,28). The summed E-state index contributed by atoms with van der Waals surface area (Å²) in [6.45, 7) is 1.28. The molecule has 2 aliphatic carbocycles. The average molecular weight is 413 g/mol. The number of guanidine groups is 1. The SMILES string of the molecule is CN=C(NCCNC(=O)C1CCCCC1)NC1CC2(CCCC2)Oc2ccccc21. The zero-order chi connectivity index (χ0) is 20.8. The van der Waals surface area contributed by atoms with E-state index in [1.807, 2.05) is 6.07 Å². The van der Waals surface area contributed by atoms with Crippen LogP contribution < -0.4 is 20.7 Å². The number of amides is 1. The Hall–Kier alpha value is -2.24. The molecule has 1 amide bonds. The molecule has 1 unspecified atom stereocenters. The second-order valence-corrected chi connectivity index (χ2v) is 9.06. The first-order valence-electron chi connectivity index (χ1n) is 11.7. The number of nitrogens with one attached hydrogen (secondary N) is 3. The zero-order valence-corrected chi connectivity index (χ0v) is 18.2. The third kappa shape index (κ3) is 4.90. The Kier molecular flexibility index (Phi) is 6.80. The number of hydrogen-bond acceptors (Lipinski definition) is 3. The quantitative estimate of drug-likeness (QED) is 0.392. The topological polar surface area (TPSA) is 74.8 Å². The fraction of sp³-hybridized carbons (Fsp3) is 0.667. The first-order valence-corrected chi connectivity index (χ1v) is 11.7. The first-order chi connectivity index (χ1) is 14.7. The second kappa shape index (κ2) is 9.71. The van der Waals surface area contributed by atoms with Crippen molar-refractivity contribution in [2.45, 2.75) is 75.9 Å². The lowest BCUT2D eigenvalue weighted by atomic mass is 9.86. The second-order valence-electron chi connectivity index (χ2n) is 9.06. The number of carbonyl (C=O) groups is 1. The molecule has 1 atom stereocenters. The smallest absolute Gasteiger partial charge is 0.223 e. The fourth-order valence-corrected chi connectivity index (χ4v) is 5.31. The number of nitrogens with zero attached hydrogens (tertiary/aromatic N) is 1. The number of hydrogen-bond donors (Lipinski definition) is 3. The number of aliphatic imine (C=N–C) groups is 1. The molecule has 2 saturated carbocycles. The zero-order valence-electron chi connectivity index (χ0n) is 18.2. The van der Waals surface area contributed by atoms with Crippen molar-refractivity contribution in [3.8, 4) is 5.75 Å². The van der Waals surface area contributed by atoms with Crippen molar-refractivity contribution in [3.63, 3.8) is 0 Å². The van der Waals surface area contributed by atoms with Crippen molar-refractivity contribution < 1.29 is 9.53 Å². The molecule has 3 N–H and O–H groups in total. The minimum atomic E-state index is -0.0428. The lowest BCUT2D eigenvalue weighted by Crippen LogP contribution is -2.48. The predicted molar refractivity (Wildman–Crippen MR) is 120 cm³/mol. The van der Waals surface area contributed by atoms with Crippen molar-refractivity contribution in [1.82, 2.24) is 16.0 Å². The number of benzene rings is 1. The monoisotopic (exact) mass is 412 g/mol. The Labute approximate surface area is 180 Å². The maximum absolute atomic E-state index is 12.3. The van der Waals surface area contributed by atoms with Gasteiger partial charge < -0.3 is 20.7 Å². The molecule has 0 aromatic heterocycles. The highest BCUT2D eigenvalue weighted by Gasteiger charge is 2.43. The maximum atomic E-state index is 12.3. The van der Waals surface area contributed by atoms with E-state index in [1.165, 1.54) is 37.7 Å². The van der Waals surface area contributed by atoms with Gasteiger partial charge in [0.2, 0.25) is 5.91 Å². The highest BCUT2D eigenvalue weighted by atomic mass is 16.5. The number of fused-ring (bicyclic) bond motifs is 1. The summed E-state index contributed by atoms with van der Waals surface area (Å²) in [5.74, 6) is 2.19. The van der Waals surface area contributed by atoms with Crippen molar-refractivity contribution in [3.05, 3.63) is 29.8 Å². The Morgan fingerprint density at radius 2 is 1.80 bits per heavy atom. The summed E-state index contributed by atoms with van der Waals surface area (Å²) in [4.78, 5) is 16.7. The van der Waals surface area contributed by atoms with Crippen LogP contribution in [0.15, 0.2) is 29.3 Å². The third-order valence-electron chi connectivity index (χ3n) is 6.94. The first kappa shape index (κ1) is 21.0. The lowest BCUT2D eigenvalue weighted by Gasteiger charge is -2.40. The third-order valence-corrected chi connectivity index (χ3v) is 6.94. The van der Waals surface area contributed by atoms with Crippen LogP contribution in [0.1, 0.15) is 75.8 Å². The number of ether oxygens (including phenoxy) is 1. The van der Waals surface area contributed by atoms with E-state index in [2.05, 4.69) is 39.1 Å². The summed E-state index contributed by atoms with van der Waals surface area (Å²) in [7, 11) is 1.80. The molecule has 2 fully saturated rings. The van der Waals surface area contributed by atoms with E-state index < -0.39 is 0 Å². The molecule has 0 bridgehead atoms. The number of carbonyl (C=O) groups excluding carboxylic acids is 1. The van der Waals surface area contributed by atoms with Crippen LogP contribution >= 0.6 is 0 Å². The maximum Gasteiger partial charge on any atom is 0.223 e. The van der Waals surface area contributed by atoms with Crippen LogP contribution in [-0.4, -0.2) is 37.6 Å². The van der Waals surface area contributed by atoms with Crippen LogP contribution in [0, 0.1) is 5.92 Å². The van der Waals surface area contributed by atoms with Crippen molar-refractivity contribution in [2.24, 2.45) is 10.9 Å². The van der Waals surface area contributed by atoms with Gasteiger partial charge in [-0.15, -0.1) is 0 Å². The molecule has 0 radical (unpaired) electrons. The summed E-state index contributed by atoms with van der Waals surface area (Å²) >= 11 is 0. The molecule has 6 heteroatoms. The van der Waals surface area contributed by atoms with Crippen molar-refractivity contribution >= 4 is 11.9 Å². The van der Waals surface area contributed by atoms with E-state index in [9.17, 15) is 4.79 Å². The molecule has 6 nitrogen and oxygen atoms in total. The van der Waals surface area contributed by atoms with Gasteiger partial charge in [0.15, 0.2) is 5.96 Å². The molecular formula is C24H36N4O2. The van der Waals surface area contributed by atoms with E-state index in [1.54, 1.807) is 7.05 Å². The highest BCUT2D eigenvalue weighted by Crippen LogP contribution is 2.46. The van der Waals surface area contributed by atoms with Gasteiger partial charge >= 0.3 is 0 Å². The van der Waals surface area contributed by atoms with Gasteiger partial charge in [-0.3, -0.25) is 9.79 Å². The van der Waals surface area contributed by atoms with Gasteiger partial charge in [-0.2, -0.15) is 0 Å². The van der Waals surface area contributed by atoms with Crippen LogP contribution in [0.2, 0.25) is 0 Å². The number of para-hydroxylation sites is 1. The van der Waals surface area contributed by atoms with Crippen LogP contribution in [0.4, 0.5) is 0 Å². The van der Waals surface area contributed by atoms with Crippen LogP contribution in [0.3, 0.4) is 0 Å². The molecule has 1 spiro atoms. The van der Waals surface area contributed by atoms with Crippen LogP contribution in [0.25, 0.3) is 0 Å². The van der Waals surface area contributed by atoms with Gasteiger partial charge in [0, 0.05) is 38.0 Å². The summed E-state index contributed by atoms with van der Waals surface area (Å²) in [5.41, 5.74) is 1.15. The molecular weight excluding hydrogens is 376 g/mol. The largest absolute Gasteiger partial charge is 0.487 e. The van der Waals surface area contributed by atoms with E-state index >= 15 is 0 Å².